The molecule has 0 bridgehead atoms. The van der Waals surface area contributed by atoms with Gasteiger partial charge in [0, 0.05) is 18.7 Å². The van der Waals surface area contributed by atoms with E-state index in [1.54, 1.807) is 0 Å². The molecule has 2 rings (SSSR count). The van der Waals surface area contributed by atoms with Crippen molar-refractivity contribution in [3.8, 4) is 0 Å². The molecule has 3 nitrogen and oxygen atoms in total. The Hall–Kier alpha value is -1.35. The van der Waals surface area contributed by atoms with Gasteiger partial charge in [0.2, 0.25) is 0 Å². The van der Waals surface area contributed by atoms with E-state index in [-0.39, 0.29) is 5.60 Å². The summed E-state index contributed by atoms with van der Waals surface area (Å²) in [7, 11) is 0. The van der Waals surface area contributed by atoms with Crippen molar-refractivity contribution >= 4 is 5.84 Å². The van der Waals surface area contributed by atoms with Crippen molar-refractivity contribution in [2.24, 2.45) is 4.99 Å². The van der Waals surface area contributed by atoms with Gasteiger partial charge in [-0.3, -0.25) is 4.99 Å². The molecule has 0 fully saturated rings. The molecule has 0 radical (unpaired) electrons. The van der Waals surface area contributed by atoms with Gasteiger partial charge in [-0.2, -0.15) is 0 Å². The fourth-order valence-electron chi connectivity index (χ4n) is 1.78. The van der Waals surface area contributed by atoms with Gasteiger partial charge in [0.1, 0.15) is 5.84 Å². The first-order valence-corrected chi connectivity index (χ1v) is 6.56. The molecule has 0 spiro atoms. The highest BCUT2D eigenvalue weighted by molar-refractivity contribution is 5.99. The summed E-state index contributed by atoms with van der Waals surface area (Å²) in [6.45, 7) is 8.82. The Bertz CT molecular complexity index is 415. The van der Waals surface area contributed by atoms with Crippen LogP contribution in [0, 0.1) is 0 Å². The maximum absolute atomic E-state index is 5.75. The Morgan fingerprint density at radius 3 is 2.50 bits per heavy atom. The van der Waals surface area contributed by atoms with E-state index in [1.807, 2.05) is 0 Å². The summed E-state index contributed by atoms with van der Waals surface area (Å²) in [5, 5.41) is 3.33. The Morgan fingerprint density at radius 2 is 1.94 bits per heavy atom. The third-order valence-electron chi connectivity index (χ3n) is 2.80. The molecule has 3 heteroatoms. The van der Waals surface area contributed by atoms with Crippen molar-refractivity contribution in [3.63, 3.8) is 0 Å². The SMILES string of the molecule is CC(C)(C)OCc1ccc(C2=NCCCN2)cc1. The number of aliphatic imine (C=N–C) groups is 1. The van der Waals surface area contributed by atoms with E-state index >= 15 is 0 Å². The lowest BCUT2D eigenvalue weighted by molar-refractivity contribution is -0.0149. The van der Waals surface area contributed by atoms with E-state index in [2.05, 4.69) is 55.3 Å². The summed E-state index contributed by atoms with van der Waals surface area (Å²) in [6.07, 6.45) is 1.13. The van der Waals surface area contributed by atoms with Crippen molar-refractivity contribution in [1.29, 1.82) is 0 Å². The van der Waals surface area contributed by atoms with Gasteiger partial charge >= 0.3 is 0 Å². The standard InChI is InChI=1S/C15H22N2O/c1-15(2,3)18-11-12-5-7-13(8-6-12)14-16-9-4-10-17-14/h5-8H,4,9-11H2,1-3H3,(H,16,17). The molecule has 0 aliphatic carbocycles. The Balaban J connectivity index is 1.99. The van der Waals surface area contributed by atoms with Gasteiger partial charge < -0.3 is 10.1 Å². The summed E-state index contributed by atoms with van der Waals surface area (Å²) in [6, 6.07) is 8.44. The number of benzene rings is 1. The van der Waals surface area contributed by atoms with E-state index < -0.39 is 0 Å². The van der Waals surface area contributed by atoms with Crippen LogP contribution >= 0.6 is 0 Å². The number of rotatable bonds is 3. The van der Waals surface area contributed by atoms with Crippen molar-refractivity contribution < 1.29 is 4.74 Å². The fraction of sp³-hybridized carbons (Fsp3) is 0.533. The summed E-state index contributed by atoms with van der Waals surface area (Å²) in [5.74, 6) is 1.02. The summed E-state index contributed by atoms with van der Waals surface area (Å²) < 4.78 is 5.75. The molecule has 18 heavy (non-hydrogen) atoms. The maximum atomic E-state index is 5.75. The highest BCUT2D eigenvalue weighted by Crippen LogP contribution is 2.13. The quantitative estimate of drug-likeness (QED) is 0.889. The molecule has 1 aliphatic heterocycles. The van der Waals surface area contributed by atoms with Gasteiger partial charge in [-0.25, -0.2) is 0 Å². The predicted octanol–water partition coefficient (Wildman–Crippen LogP) is 2.74. The molecule has 0 atom stereocenters. The molecule has 1 heterocycles. The minimum atomic E-state index is -0.0896. The van der Waals surface area contributed by atoms with Crippen molar-refractivity contribution in [1.82, 2.24) is 5.32 Å². The molecule has 0 amide bonds. The number of hydrogen-bond acceptors (Lipinski definition) is 3. The van der Waals surface area contributed by atoms with Crippen LogP contribution in [-0.4, -0.2) is 24.5 Å². The van der Waals surface area contributed by atoms with Crippen LogP contribution in [-0.2, 0) is 11.3 Å². The van der Waals surface area contributed by atoms with Gasteiger partial charge in [-0.05, 0) is 32.8 Å². The van der Waals surface area contributed by atoms with Gasteiger partial charge in [-0.15, -0.1) is 0 Å². The minimum Gasteiger partial charge on any atom is -0.371 e. The summed E-state index contributed by atoms with van der Waals surface area (Å²) in [5.41, 5.74) is 2.27. The van der Waals surface area contributed by atoms with Gasteiger partial charge in [0.05, 0.1) is 12.2 Å². The lowest BCUT2D eigenvalue weighted by atomic mass is 10.1. The third kappa shape index (κ3) is 3.84. The largest absolute Gasteiger partial charge is 0.371 e. The number of amidine groups is 1. The molecule has 0 aromatic heterocycles. The normalized spacial score (nSPS) is 16.1. The highest BCUT2D eigenvalue weighted by atomic mass is 16.5. The second-order valence-electron chi connectivity index (χ2n) is 5.61. The van der Waals surface area contributed by atoms with Crippen LogP contribution in [0.1, 0.15) is 38.3 Å². The van der Waals surface area contributed by atoms with Crippen LogP contribution in [0.3, 0.4) is 0 Å². The van der Waals surface area contributed by atoms with E-state index in [9.17, 15) is 0 Å². The average molecular weight is 246 g/mol. The van der Waals surface area contributed by atoms with Crippen molar-refractivity contribution in [2.45, 2.75) is 39.4 Å². The fourth-order valence-corrected chi connectivity index (χ4v) is 1.78. The van der Waals surface area contributed by atoms with Crippen LogP contribution in [0.4, 0.5) is 0 Å². The number of nitrogens with one attached hydrogen (secondary N) is 1. The smallest absolute Gasteiger partial charge is 0.128 e. The molecule has 98 valence electrons. The van der Waals surface area contributed by atoms with Gasteiger partial charge in [0.25, 0.3) is 0 Å². The zero-order valence-electron chi connectivity index (χ0n) is 11.5. The first kappa shape index (κ1) is 13.1. The zero-order chi connectivity index (χ0) is 13.0. The molecule has 0 saturated carbocycles. The first-order chi connectivity index (χ1) is 8.54. The van der Waals surface area contributed by atoms with Crippen LogP contribution < -0.4 is 5.32 Å². The van der Waals surface area contributed by atoms with Crippen molar-refractivity contribution in [3.05, 3.63) is 35.4 Å². The molecule has 1 aromatic carbocycles. The third-order valence-corrected chi connectivity index (χ3v) is 2.80. The van der Waals surface area contributed by atoms with E-state index in [0.717, 1.165) is 30.9 Å². The van der Waals surface area contributed by atoms with Crippen LogP contribution in [0.25, 0.3) is 0 Å². The number of nitrogens with zero attached hydrogens (tertiary/aromatic N) is 1. The van der Waals surface area contributed by atoms with Crippen LogP contribution in [0.2, 0.25) is 0 Å². The van der Waals surface area contributed by atoms with E-state index in [4.69, 9.17) is 4.74 Å². The lowest BCUT2D eigenvalue weighted by Gasteiger charge is -2.20. The van der Waals surface area contributed by atoms with Gasteiger partial charge in [-0.1, -0.05) is 24.3 Å². The van der Waals surface area contributed by atoms with E-state index in [1.165, 1.54) is 5.56 Å². The molecular formula is C15H22N2O. The Kier molecular flexibility index (Phi) is 4.02. The van der Waals surface area contributed by atoms with Crippen LogP contribution in [0.15, 0.2) is 29.3 Å². The molecule has 1 aliphatic rings. The monoisotopic (exact) mass is 246 g/mol. The molecule has 0 unspecified atom stereocenters. The summed E-state index contributed by atoms with van der Waals surface area (Å²) in [4.78, 5) is 4.49. The second-order valence-corrected chi connectivity index (χ2v) is 5.61. The van der Waals surface area contributed by atoms with Crippen LogP contribution in [0.5, 0.6) is 0 Å². The molecule has 0 saturated heterocycles. The Morgan fingerprint density at radius 1 is 1.22 bits per heavy atom. The lowest BCUT2D eigenvalue weighted by Crippen LogP contribution is -2.30. The highest BCUT2D eigenvalue weighted by Gasteiger charge is 2.10. The molecule has 1 aromatic rings. The second kappa shape index (κ2) is 5.53. The van der Waals surface area contributed by atoms with Crippen molar-refractivity contribution in [2.75, 3.05) is 13.1 Å². The first-order valence-electron chi connectivity index (χ1n) is 6.56. The predicted molar refractivity (Wildman–Crippen MR) is 75.0 cm³/mol. The molecule has 1 N–H and O–H groups in total. The average Bonchev–Trinajstić information content (AvgIpc) is 2.37. The molecular weight excluding hydrogens is 224 g/mol. The minimum absolute atomic E-state index is 0.0896. The topological polar surface area (TPSA) is 33.6 Å². The maximum Gasteiger partial charge on any atom is 0.128 e. The zero-order valence-corrected chi connectivity index (χ0v) is 11.5. The summed E-state index contributed by atoms with van der Waals surface area (Å²) >= 11 is 0. The Labute approximate surface area is 109 Å². The van der Waals surface area contributed by atoms with Gasteiger partial charge in [0.15, 0.2) is 0 Å². The number of hydrogen-bond donors (Lipinski definition) is 1. The number of ether oxygens (including phenoxy) is 1. The van der Waals surface area contributed by atoms with E-state index in [0.29, 0.717) is 6.61 Å².